The highest BCUT2D eigenvalue weighted by molar-refractivity contribution is 5.97. The second kappa shape index (κ2) is 7.51. The Morgan fingerprint density at radius 2 is 1.74 bits per heavy atom. The average molecular weight is 467 g/mol. The highest BCUT2D eigenvalue weighted by Crippen LogP contribution is 2.59. The molecule has 0 aromatic heterocycles. The van der Waals surface area contributed by atoms with Crippen LogP contribution in [-0.2, 0) is 23.2 Å². The van der Waals surface area contributed by atoms with E-state index in [1.54, 1.807) is 0 Å². The van der Waals surface area contributed by atoms with Crippen molar-refractivity contribution >= 4 is 17.3 Å². The summed E-state index contributed by atoms with van der Waals surface area (Å²) >= 11 is 0. The van der Waals surface area contributed by atoms with Gasteiger partial charge in [-0.2, -0.15) is 0 Å². The zero-order valence-electron chi connectivity index (χ0n) is 20.4. The van der Waals surface area contributed by atoms with Crippen LogP contribution in [0, 0.1) is 0 Å². The third-order valence-electron chi connectivity index (χ3n) is 8.31. The van der Waals surface area contributed by atoms with Crippen LogP contribution in [-0.4, -0.2) is 32.1 Å². The molecule has 0 amide bonds. The molecule has 178 valence electrons. The molecular weight excluding hydrogens is 436 g/mol. The van der Waals surface area contributed by atoms with Crippen molar-refractivity contribution in [3.05, 3.63) is 81.9 Å². The zero-order chi connectivity index (χ0) is 23.7. The first-order valence-electron chi connectivity index (χ1n) is 13.0. The van der Waals surface area contributed by atoms with Gasteiger partial charge in [-0.25, -0.2) is 4.79 Å². The Hall–Kier alpha value is -3.47. The Morgan fingerprint density at radius 3 is 2.57 bits per heavy atom. The summed E-state index contributed by atoms with van der Waals surface area (Å²) in [5, 5.41) is 0. The summed E-state index contributed by atoms with van der Waals surface area (Å²) in [6, 6.07) is 16.5. The highest BCUT2D eigenvalue weighted by Gasteiger charge is 2.54. The maximum atomic E-state index is 13.3. The first kappa shape index (κ1) is 20.9. The quantitative estimate of drug-likeness (QED) is 0.457. The van der Waals surface area contributed by atoms with Crippen LogP contribution in [0.15, 0.2) is 48.5 Å². The van der Waals surface area contributed by atoms with Gasteiger partial charge in [-0.15, -0.1) is 0 Å². The molecule has 5 heteroatoms. The first-order valence-corrected chi connectivity index (χ1v) is 13.0. The molecule has 1 atom stereocenters. The minimum Gasteiger partial charge on any atom is -0.456 e. The molecule has 3 aromatic carbocycles. The van der Waals surface area contributed by atoms with Gasteiger partial charge in [0.1, 0.15) is 11.5 Å². The van der Waals surface area contributed by atoms with E-state index in [9.17, 15) is 4.79 Å². The zero-order valence-corrected chi connectivity index (χ0v) is 20.4. The number of carbonyl (C=O) groups is 1. The summed E-state index contributed by atoms with van der Waals surface area (Å²) in [7, 11) is 0. The van der Waals surface area contributed by atoms with Gasteiger partial charge in [0.25, 0.3) is 0 Å². The topological polar surface area (TPSA) is 42.0 Å². The van der Waals surface area contributed by atoms with Crippen molar-refractivity contribution in [3.63, 3.8) is 0 Å². The lowest BCUT2D eigenvalue weighted by Crippen LogP contribution is -2.38. The van der Waals surface area contributed by atoms with Crippen LogP contribution in [0.25, 0.3) is 0 Å². The van der Waals surface area contributed by atoms with Gasteiger partial charge in [-0.3, -0.25) is 0 Å². The number of ether oxygens (including phenoxy) is 2. The number of nitrogens with zero attached hydrogens (tertiary/aromatic N) is 2. The summed E-state index contributed by atoms with van der Waals surface area (Å²) < 4.78 is 13.3. The Bertz CT molecular complexity index is 1370. The maximum absolute atomic E-state index is 13.3. The molecule has 4 heterocycles. The van der Waals surface area contributed by atoms with E-state index in [0.29, 0.717) is 5.56 Å². The molecule has 0 saturated carbocycles. The number of hydrogen-bond acceptors (Lipinski definition) is 5. The van der Waals surface area contributed by atoms with Crippen LogP contribution < -0.4 is 14.5 Å². The van der Waals surface area contributed by atoms with Crippen LogP contribution in [0.3, 0.4) is 0 Å². The Kier molecular flexibility index (Phi) is 4.48. The predicted molar refractivity (Wildman–Crippen MR) is 137 cm³/mol. The second-order valence-electron chi connectivity index (χ2n) is 10.0. The molecule has 0 radical (unpaired) electrons. The fourth-order valence-electron chi connectivity index (χ4n) is 6.75. The average Bonchev–Trinajstić information content (AvgIpc) is 3.19. The van der Waals surface area contributed by atoms with Crippen molar-refractivity contribution in [2.75, 3.05) is 36.0 Å². The van der Waals surface area contributed by atoms with Crippen molar-refractivity contribution < 1.29 is 14.3 Å². The summed E-state index contributed by atoms with van der Waals surface area (Å²) in [6.07, 6.45) is 4.30. The summed E-state index contributed by atoms with van der Waals surface area (Å²) in [4.78, 5) is 18.1. The summed E-state index contributed by atoms with van der Waals surface area (Å²) in [6.45, 7) is 8.38. The van der Waals surface area contributed by atoms with Gasteiger partial charge in [0, 0.05) is 65.9 Å². The van der Waals surface area contributed by atoms with Gasteiger partial charge in [-0.1, -0.05) is 18.2 Å². The molecule has 1 spiro atoms. The third kappa shape index (κ3) is 2.72. The van der Waals surface area contributed by atoms with Gasteiger partial charge in [0.2, 0.25) is 0 Å². The number of aryl methyl sites for hydroxylation is 1. The number of fused-ring (bicyclic) bond motifs is 7. The van der Waals surface area contributed by atoms with E-state index in [1.165, 1.54) is 16.8 Å². The van der Waals surface area contributed by atoms with E-state index in [4.69, 9.17) is 9.47 Å². The number of rotatable bonds is 3. The van der Waals surface area contributed by atoms with Crippen LogP contribution in [0.2, 0.25) is 0 Å². The van der Waals surface area contributed by atoms with E-state index in [-0.39, 0.29) is 5.97 Å². The van der Waals surface area contributed by atoms with Gasteiger partial charge in [0.05, 0.1) is 5.56 Å². The van der Waals surface area contributed by atoms with E-state index in [0.717, 1.165) is 85.7 Å². The lowest BCUT2D eigenvalue weighted by atomic mass is 9.74. The molecule has 0 fully saturated rings. The van der Waals surface area contributed by atoms with E-state index in [2.05, 4.69) is 54.0 Å². The Morgan fingerprint density at radius 1 is 0.943 bits per heavy atom. The fraction of sp³-hybridized carbons (Fsp3) is 0.367. The molecule has 1 unspecified atom stereocenters. The Balaban J connectivity index is 1.54. The van der Waals surface area contributed by atoms with Crippen molar-refractivity contribution in [3.8, 4) is 11.5 Å². The largest absolute Gasteiger partial charge is 0.456 e. The normalized spacial score (nSPS) is 21.0. The molecule has 5 nitrogen and oxygen atoms in total. The molecule has 7 rings (SSSR count). The second-order valence-corrected chi connectivity index (χ2v) is 10.0. The van der Waals surface area contributed by atoms with E-state index < -0.39 is 5.60 Å². The monoisotopic (exact) mass is 466 g/mol. The van der Waals surface area contributed by atoms with Crippen LogP contribution >= 0.6 is 0 Å². The molecule has 0 aliphatic carbocycles. The summed E-state index contributed by atoms with van der Waals surface area (Å²) in [5.74, 6) is 1.42. The van der Waals surface area contributed by atoms with Gasteiger partial charge < -0.3 is 19.3 Å². The minimum absolute atomic E-state index is 0.264. The van der Waals surface area contributed by atoms with Gasteiger partial charge in [-0.05, 0) is 69.4 Å². The molecule has 0 bridgehead atoms. The highest BCUT2D eigenvalue weighted by atomic mass is 16.6. The van der Waals surface area contributed by atoms with Crippen molar-refractivity contribution in [2.45, 2.75) is 45.1 Å². The maximum Gasteiger partial charge on any atom is 0.340 e. The number of esters is 1. The first-order chi connectivity index (χ1) is 17.2. The molecule has 35 heavy (non-hydrogen) atoms. The lowest BCUT2D eigenvalue weighted by molar-refractivity contribution is 0.0223. The van der Waals surface area contributed by atoms with Crippen LogP contribution in [0.4, 0.5) is 11.4 Å². The lowest BCUT2D eigenvalue weighted by Gasteiger charge is -2.43. The number of carbonyl (C=O) groups excluding carboxylic acids is 1. The smallest absolute Gasteiger partial charge is 0.340 e. The molecule has 0 N–H and O–H groups in total. The Labute approximate surface area is 206 Å². The molecule has 0 saturated heterocycles. The summed E-state index contributed by atoms with van der Waals surface area (Å²) in [5.41, 5.74) is 7.60. The third-order valence-corrected chi connectivity index (χ3v) is 8.31. The van der Waals surface area contributed by atoms with Gasteiger partial charge in [0.15, 0.2) is 5.60 Å². The molecule has 4 aliphatic heterocycles. The van der Waals surface area contributed by atoms with E-state index in [1.807, 2.05) is 18.2 Å². The van der Waals surface area contributed by atoms with Crippen molar-refractivity contribution in [1.29, 1.82) is 0 Å². The van der Waals surface area contributed by atoms with Crippen LogP contribution in [0.1, 0.15) is 64.9 Å². The fourth-order valence-corrected chi connectivity index (χ4v) is 6.75. The number of benzene rings is 3. The number of hydrogen-bond donors (Lipinski definition) is 0. The standard InChI is InChI=1S/C30H30N2O3/c1-3-31(4-2)20-13-14-24-26(18-20)34-28-22-11-8-16-32-15-7-9-19(27(22)32)17-25(28)30(24)23-12-6-5-10-21(23)29(33)35-30/h5-6,10,12-14,17-18H,3-4,7-9,11,15-16H2,1-2H3. The molecular formula is C30H30N2O3. The van der Waals surface area contributed by atoms with Crippen LogP contribution in [0.5, 0.6) is 11.5 Å². The predicted octanol–water partition coefficient (Wildman–Crippen LogP) is 5.80. The van der Waals surface area contributed by atoms with Crippen molar-refractivity contribution in [1.82, 2.24) is 0 Å². The minimum atomic E-state index is -0.983. The van der Waals surface area contributed by atoms with E-state index >= 15 is 0 Å². The van der Waals surface area contributed by atoms with Gasteiger partial charge >= 0.3 is 5.97 Å². The SMILES string of the molecule is CCN(CC)c1ccc2c(c1)Oc1c(cc3c4c1CCCN4CCC3)C21OC(=O)c2ccccc21. The molecule has 3 aromatic rings. The number of anilines is 2. The molecule has 4 aliphatic rings. The van der Waals surface area contributed by atoms with Crippen molar-refractivity contribution in [2.24, 2.45) is 0 Å².